The zero-order chi connectivity index (χ0) is 18.3. The first kappa shape index (κ1) is 17.1. The molecule has 1 aliphatic carbocycles. The Morgan fingerprint density at radius 3 is 2.50 bits per heavy atom. The highest BCUT2D eigenvalue weighted by Gasteiger charge is 2.21. The van der Waals surface area contributed by atoms with Crippen molar-refractivity contribution in [3.63, 3.8) is 0 Å². The molecule has 6 heteroatoms. The van der Waals surface area contributed by atoms with Crippen LogP contribution in [0.25, 0.3) is 5.69 Å². The molecule has 0 amide bonds. The van der Waals surface area contributed by atoms with E-state index in [2.05, 4.69) is 16.9 Å². The van der Waals surface area contributed by atoms with Crippen LogP contribution in [0.15, 0.2) is 45.5 Å². The molecular weight excluding hydrogens is 344 g/mol. The van der Waals surface area contributed by atoms with Crippen LogP contribution in [0.5, 0.6) is 0 Å². The van der Waals surface area contributed by atoms with Gasteiger partial charge in [0.15, 0.2) is 10.5 Å². The van der Waals surface area contributed by atoms with Gasteiger partial charge in [0.05, 0.1) is 11.4 Å². The topological polar surface area (TPSA) is 44.2 Å². The lowest BCUT2D eigenvalue weighted by Crippen LogP contribution is -2.22. The molecule has 5 nitrogen and oxygen atoms in total. The van der Waals surface area contributed by atoms with Crippen molar-refractivity contribution >= 4 is 17.0 Å². The van der Waals surface area contributed by atoms with Crippen LogP contribution >= 0.6 is 11.3 Å². The molecule has 0 spiro atoms. The van der Waals surface area contributed by atoms with Gasteiger partial charge < -0.3 is 4.57 Å². The summed E-state index contributed by atoms with van der Waals surface area (Å²) in [5, 5.41) is 2.14. The van der Waals surface area contributed by atoms with Crippen molar-refractivity contribution in [3.05, 3.63) is 62.3 Å². The Bertz CT molecular complexity index is 1050. The minimum atomic E-state index is -0.0692. The summed E-state index contributed by atoms with van der Waals surface area (Å²) < 4.78 is 5.90. The first-order chi connectivity index (χ1) is 12.6. The summed E-state index contributed by atoms with van der Waals surface area (Å²) in [6.07, 6.45) is 4.95. The van der Waals surface area contributed by atoms with E-state index < -0.39 is 0 Å². The average Bonchev–Trinajstić information content (AvgIpc) is 3.33. The van der Waals surface area contributed by atoms with E-state index in [1.807, 2.05) is 49.0 Å². The van der Waals surface area contributed by atoms with Gasteiger partial charge >= 0.3 is 0 Å². The second-order valence-corrected chi connectivity index (χ2v) is 7.83. The van der Waals surface area contributed by atoms with E-state index in [1.54, 1.807) is 16.0 Å². The second-order valence-electron chi connectivity index (χ2n) is 6.99. The van der Waals surface area contributed by atoms with Gasteiger partial charge in [-0.3, -0.25) is 9.48 Å². The predicted octanol–water partition coefficient (Wildman–Crippen LogP) is 4.00. The van der Waals surface area contributed by atoms with Crippen molar-refractivity contribution in [2.45, 2.75) is 45.6 Å². The molecule has 0 atom stereocenters. The fourth-order valence-corrected chi connectivity index (χ4v) is 4.81. The average molecular weight is 369 g/mol. The molecule has 0 aliphatic heterocycles. The predicted molar refractivity (Wildman–Crippen MR) is 106 cm³/mol. The summed E-state index contributed by atoms with van der Waals surface area (Å²) in [7, 11) is 1.91. The number of hydrogen-bond acceptors (Lipinski definition) is 3. The van der Waals surface area contributed by atoms with Crippen LogP contribution < -0.4 is 10.4 Å². The number of hydrogen-bond donors (Lipinski definition) is 0. The second kappa shape index (κ2) is 6.76. The largest absolute Gasteiger partial charge is 0.318 e. The van der Waals surface area contributed by atoms with Crippen molar-refractivity contribution in [1.82, 2.24) is 13.9 Å². The molecule has 1 aliphatic rings. The smallest absolute Gasteiger partial charge is 0.297 e. The van der Waals surface area contributed by atoms with E-state index in [9.17, 15) is 4.79 Å². The van der Waals surface area contributed by atoms with E-state index >= 15 is 0 Å². The minimum Gasteiger partial charge on any atom is -0.318 e. The van der Waals surface area contributed by atoms with Gasteiger partial charge in [0.25, 0.3) is 5.56 Å². The lowest BCUT2D eigenvalue weighted by molar-refractivity contribution is 0.496. The molecule has 0 radical (unpaired) electrons. The van der Waals surface area contributed by atoms with Crippen LogP contribution in [-0.2, 0) is 7.05 Å². The molecule has 136 valence electrons. The fraction of sp³-hybridized carbons (Fsp3) is 0.400. The van der Waals surface area contributed by atoms with Crippen molar-refractivity contribution < 1.29 is 0 Å². The summed E-state index contributed by atoms with van der Waals surface area (Å²) in [5.41, 5.74) is 3.43. The van der Waals surface area contributed by atoms with Crippen molar-refractivity contribution in [2.75, 3.05) is 0 Å². The van der Waals surface area contributed by atoms with E-state index in [0.717, 1.165) is 16.2 Å². The maximum Gasteiger partial charge on any atom is 0.297 e. The van der Waals surface area contributed by atoms with Gasteiger partial charge in [0, 0.05) is 24.2 Å². The monoisotopic (exact) mass is 368 g/mol. The van der Waals surface area contributed by atoms with Crippen LogP contribution in [0.3, 0.4) is 0 Å². The number of nitrogens with zero attached hydrogens (tertiary/aromatic N) is 4. The van der Waals surface area contributed by atoms with E-state index in [1.165, 1.54) is 31.4 Å². The number of para-hydroxylation sites is 1. The zero-order valence-electron chi connectivity index (χ0n) is 15.5. The highest BCUT2D eigenvalue weighted by Crippen LogP contribution is 2.30. The van der Waals surface area contributed by atoms with Crippen LogP contribution in [0.2, 0.25) is 0 Å². The number of aromatic nitrogens is 3. The van der Waals surface area contributed by atoms with Crippen molar-refractivity contribution in [1.29, 1.82) is 0 Å². The molecule has 0 N–H and O–H groups in total. The minimum absolute atomic E-state index is 0.0692. The van der Waals surface area contributed by atoms with Crippen molar-refractivity contribution in [3.8, 4) is 5.69 Å². The Hall–Kier alpha value is -2.34. The fourth-order valence-electron chi connectivity index (χ4n) is 3.87. The SMILES string of the molecule is Cc1csc(=Nc2c(C)n(C)n(-c3ccccc3)c2=O)n1C1CCCC1. The van der Waals surface area contributed by atoms with Gasteiger partial charge in [-0.15, -0.1) is 11.3 Å². The summed E-state index contributed by atoms with van der Waals surface area (Å²) in [4.78, 5) is 18.9. The Balaban J connectivity index is 1.89. The summed E-state index contributed by atoms with van der Waals surface area (Å²) in [6, 6.07) is 10.2. The number of benzene rings is 1. The Morgan fingerprint density at radius 1 is 1.12 bits per heavy atom. The van der Waals surface area contributed by atoms with Gasteiger partial charge in [-0.05, 0) is 38.8 Å². The normalized spacial score (nSPS) is 15.9. The Morgan fingerprint density at radius 2 is 1.81 bits per heavy atom. The van der Waals surface area contributed by atoms with Crippen LogP contribution in [0, 0.1) is 13.8 Å². The number of aryl methyl sites for hydroxylation is 1. The molecule has 2 heterocycles. The van der Waals surface area contributed by atoms with Crippen LogP contribution in [0.1, 0.15) is 43.1 Å². The molecule has 4 rings (SSSR count). The van der Waals surface area contributed by atoms with Gasteiger partial charge in [0.1, 0.15) is 0 Å². The number of rotatable bonds is 3. The maximum absolute atomic E-state index is 13.1. The highest BCUT2D eigenvalue weighted by molar-refractivity contribution is 7.07. The first-order valence-corrected chi connectivity index (χ1v) is 10.0. The first-order valence-electron chi connectivity index (χ1n) is 9.13. The molecular formula is C20H24N4OS. The molecule has 0 unspecified atom stereocenters. The molecule has 1 fully saturated rings. The van der Waals surface area contributed by atoms with Crippen LogP contribution in [-0.4, -0.2) is 13.9 Å². The molecule has 3 aromatic rings. The third kappa shape index (κ3) is 2.78. The van der Waals surface area contributed by atoms with E-state index in [4.69, 9.17) is 4.99 Å². The summed E-state index contributed by atoms with van der Waals surface area (Å²) >= 11 is 1.63. The standard InChI is InChI=1S/C20H24N4OS/c1-14-13-26-20(23(14)16-9-7-8-10-16)21-18-15(2)22(3)24(19(18)25)17-11-5-4-6-12-17/h4-6,11-13,16H,7-10H2,1-3H3. The molecule has 2 aromatic heterocycles. The van der Waals surface area contributed by atoms with Gasteiger partial charge in [-0.2, -0.15) is 0 Å². The third-order valence-electron chi connectivity index (χ3n) is 5.34. The van der Waals surface area contributed by atoms with Gasteiger partial charge in [-0.25, -0.2) is 9.67 Å². The molecule has 0 saturated heterocycles. The quantitative estimate of drug-likeness (QED) is 0.689. The Labute approximate surface area is 156 Å². The maximum atomic E-state index is 13.1. The molecule has 1 aromatic carbocycles. The molecule has 26 heavy (non-hydrogen) atoms. The van der Waals surface area contributed by atoms with E-state index in [-0.39, 0.29) is 5.56 Å². The summed E-state index contributed by atoms with van der Waals surface area (Å²) in [5.74, 6) is 0. The third-order valence-corrected chi connectivity index (χ3v) is 6.30. The molecule has 1 saturated carbocycles. The van der Waals surface area contributed by atoms with Gasteiger partial charge in [0.2, 0.25) is 0 Å². The number of thiazole rings is 1. The molecule has 0 bridgehead atoms. The highest BCUT2D eigenvalue weighted by atomic mass is 32.1. The zero-order valence-corrected chi connectivity index (χ0v) is 16.3. The summed E-state index contributed by atoms with van der Waals surface area (Å²) in [6.45, 7) is 4.09. The van der Waals surface area contributed by atoms with Gasteiger partial charge in [-0.1, -0.05) is 31.0 Å². The lowest BCUT2D eigenvalue weighted by Gasteiger charge is -2.13. The Kier molecular flexibility index (Phi) is 4.44. The lowest BCUT2D eigenvalue weighted by atomic mass is 10.2. The van der Waals surface area contributed by atoms with Crippen LogP contribution in [0.4, 0.5) is 5.69 Å². The van der Waals surface area contributed by atoms with E-state index in [0.29, 0.717) is 11.7 Å². The van der Waals surface area contributed by atoms with Crippen molar-refractivity contribution in [2.24, 2.45) is 12.0 Å².